The van der Waals surface area contributed by atoms with Crippen molar-refractivity contribution in [3.05, 3.63) is 0 Å². The van der Waals surface area contributed by atoms with Crippen molar-refractivity contribution < 1.29 is 4.74 Å². The van der Waals surface area contributed by atoms with Crippen LogP contribution in [0.25, 0.3) is 0 Å². The molecule has 1 aliphatic heterocycles. The summed E-state index contributed by atoms with van der Waals surface area (Å²) < 4.78 is 5.47. The Balaban J connectivity index is 2.61. The topological polar surface area (TPSA) is 50.9 Å². The summed E-state index contributed by atoms with van der Waals surface area (Å²) in [5.41, 5.74) is 5.80. The first-order valence-electron chi connectivity index (χ1n) is 5.97. The van der Waals surface area contributed by atoms with Gasteiger partial charge in [-0.15, -0.1) is 0 Å². The minimum Gasteiger partial charge on any atom is -0.379 e. The molecule has 1 rings (SSSR count). The number of rotatable bonds is 5. The molecular weight excluding hydrogens is 202 g/mol. The van der Waals surface area contributed by atoms with Crippen LogP contribution in [0.1, 0.15) is 34.1 Å². The Morgan fingerprint density at radius 2 is 2.19 bits per heavy atom. The predicted octanol–water partition coefficient (Wildman–Crippen LogP) is 1.46. The monoisotopic (exact) mass is 227 g/mol. The Morgan fingerprint density at radius 1 is 1.56 bits per heavy atom. The number of nitrogens with zero attached hydrogens (tertiary/aromatic N) is 2. The van der Waals surface area contributed by atoms with Gasteiger partial charge in [0.25, 0.3) is 0 Å². The molecule has 0 amide bonds. The Bertz CT molecular complexity index is 261. The molecule has 94 valence electrons. The third-order valence-electron chi connectivity index (χ3n) is 3.04. The SMILES string of the molecule is COC(C)(C)CC1CN=C(N)N1CC(C)C. The maximum atomic E-state index is 5.91. The fraction of sp³-hybridized carbons (Fsp3) is 0.917. The molecular formula is C12H25N3O. The van der Waals surface area contributed by atoms with E-state index in [1.807, 2.05) is 0 Å². The zero-order chi connectivity index (χ0) is 12.3. The molecule has 4 heteroatoms. The highest BCUT2D eigenvalue weighted by Crippen LogP contribution is 2.22. The summed E-state index contributed by atoms with van der Waals surface area (Å²) in [5, 5.41) is 0. The highest BCUT2D eigenvalue weighted by atomic mass is 16.5. The smallest absolute Gasteiger partial charge is 0.191 e. The lowest BCUT2D eigenvalue weighted by atomic mass is 9.98. The van der Waals surface area contributed by atoms with Gasteiger partial charge < -0.3 is 15.4 Å². The Kier molecular flexibility index (Phi) is 4.19. The maximum absolute atomic E-state index is 5.91. The van der Waals surface area contributed by atoms with Gasteiger partial charge in [-0.3, -0.25) is 4.99 Å². The molecule has 1 aliphatic rings. The molecule has 0 aliphatic carbocycles. The van der Waals surface area contributed by atoms with Crippen LogP contribution < -0.4 is 5.73 Å². The van der Waals surface area contributed by atoms with Gasteiger partial charge in [-0.05, 0) is 26.2 Å². The van der Waals surface area contributed by atoms with E-state index in [2.05, 4.69) is 37.6 Å². The molecule has 0 bridgehead atoms. The van der Waals surface area contributed by atoms with E-state index in [-0.39, 0.29) is 5.60 Å². The van der Waals surface area contributed by atoms with Crippen molar-refractivity contribution in [2.45, 2.75) is 45.8 Å². The van der Waals surface area contributed by atoms with E-state index < -0.39 is 0 Å². The summed E-state index contributed by atoms with van der Waals surface area (Å²) in [7, 11) is 1.76. The van der Waals surface area contributed by atoms with Crippen LogP contribution in [0.4, 0.5) is 0 Å². The molecule has 0 aromatic carbocycles. The lowest BCUT2D eigenvalue weighted by Crippen LogP contribution is -2.46. The summed E-state index contributed by atoms with van der Waals surface area (Å²) in [5.74, 6) is 1.28. The van der Waals surface area contributed by atoms with Gasteiger partial charge in [0.15, 0.2) is 5.96 Å². The largest absolute Gasteiger partial charge is 0.379 e. The number of methoxy groups -OCH3 is 1. The summed E-state index contributed by atoms with van der Waals surface area (Å²) in [4.78, 5) is 6.55. The molecule has 0 fully saturated rings. The van der Waals surface area contributed by atoms with E-state index in [9.17, 15) is 0 Å². The van der Waals surface area contributed by atoms with Crippen LogP contribution in [0, 0.1) is 5.92 Å². The average Bonchev–Trinajstić information content (AvgIpc) is 2.49. The molecule has 2 N–H and O–H groups in total. The second-order valence-corrected chi connectivity index (χ2v) is 5.57. The highest BCUT2D eigenvalue weighted by Gasteiger charge is 2.31. The normalized spacial score (nSPS) is 21.8. The average molecular weight is 227 g/mol. The fourth-order valence-electron chi connectivity index (χ4n) is 2.04. The van der Waals surface area contributed by atoms with Crippen LogP contribution in [0.5, 0.6) is 0 Å². The fourth-order valence-corrected chi connectivity index (χ4v) is 2.04. The number of guanidine groups is 1. The van der Waals surface area contributed by atoms with Crippen molar-refractivity contribution in [3.8, 4) is 0 Å². The van der Waals surface area contributed by atoms with E-state index in [0.717, 1.165) is 19.5 Å². The van der Waals surface area contributed by atoms with Crippen molar-refractivity contribution in [2.24, 2.45) is 16.6 Å². The third kappa shape index (κ3) is 3.37. The molecule has 16 heavy (non-hydrogen) atoms. The minimum absolute atomic E-state index is 0.111. The highest BCUT2D eigenvalue weighted by molar-refractivity contribution is 5.80. The van der Waals surface area contributed by atoms with Gasteiger partial charge in [-0.2, -0.15) is 0 Å². The molecule has 1 heterocycles. The number of aliphatic imine (C=N–C) groups is 1. The van der Waals surface area contributed by atoms with Crippen LogP contribution in [0.3, 0.4) is 0 Å². The third-order valence-corrected chi connectivity index (χ3v) is 3.04. The second kappa shape index (κ2) is 5.04. The lowest BCUT2D eigenvalue weighted by Gasteiger charge is -2.33. The van der Waals surface area contributed by atoms with Crippen molar-refractivity contribution >= 4 is 5.96 Å². The molecule has 1 unspecified atom stereocenters. The Labute approximate surface area is 98.9 Å². The number of nitrogens with two attached hydrogens (primary N) is 1. The summed E-state index contributed by atoms with van der Waals surface area (Å²) in [6.07, 6.45) is 0.959. The van der Waals surface area contributed by atoms with E-state index in [0.29, 0.717) is 17.9 Å². The van der Waals surface area contributed by atoms with E-state index in [4.69, 9.17) is 10.5 Å². The van der Waals surface area contributed by atoms with Crippen LogP contribution in [-0.2, 0) is 4.74 Å². The van der Waals surface area contributed by atoms with Crippen LogP contribution in [0.15, 0.2) is 4.99 Å². The van der Waals surface area contributed by atoms with Crippen molar-refractivity contribution in [2.75, 3.05) is 20.2 Å². The minimum atomic E-state index is -0.111. The van der Waals surface area contributed by atoms with Crippen molar-refractivity contribution in [1.82, 2.24) is 4.90 Å². The van der Waals surface area contributed by atoms with Crippen molar-refractivity contribution in [1.29, 1.82) is 0 Å². The molecule has 0 radical (unpaired) electrons. The van der Waals surface area contributed by atoms with Gasteiger partial charge in [0.1, 0.15) is 0 Å². The zero-order valence-electron chi connectivity index (χ0n) is 11.2. The molecule has 0 saturated heterocycles. The Morgan fingerprint density at radius 3 is 2.69 bits per heavy atom. The number of ether oxygens (including phenoxy) is 1. The molecule has 4 nitrogen and oxygen atoms in total. The predicted molar refractivity (Wildman–Crippen MR) is 67.5 cm³/mol. The van der Waals surface area contributed by atoms with E-state index in [1.54, 1.807) is 7.11 Å². The zero-order valence-corrected chi connectivity index (χ0v) is 11.2. The maximum Gasteiger partial charge on any atom is 0.191 e. The van der Waals surface area contributed by atoms with Crippen LogP contribution in [-0.4, -0.2) is 42.7 Å². The summed E-state index contributed by atoms with van der Waals surface area (Å²) in [6, 6.07) is 0.386. The van der Waals surface area contributed by atoms with Gasteiger partial charge in [0.05, 0.1) is 18.2 Å². The molecule has 0 aromatic heterocycles. The lowest BCUT2D eigenvalue weighted by molar-refractivity contribution is 0.000789. The van der Waals surface area contributed by atoms with Gasteiger partial charge in [-0.25, -0.2) is 0 Å². The van der Waals surface area contributed by atoms with Gasteiger partial charge >= 0.3 is 0 Å². The van der Waals surface area contributed by atoms with E-state index in [1.165, 1.54) is 0 Å². The standard InChI is InChI=1S/C12H25N3O/c1-9(2)8-15-10(7-14-11(15)13)6-12(3,4)16-5/h9-10H,6-8H2,1-5H3,(H2,13,14). The summed E-state index contributed by atoms with van der Waals surface area (Å²) in [6.45, 7) is 10.4. The molecule has 0 aromatic rings. The summed E-state index contributed by atoms with van der Waals surface area (Å²) >= 11 is 0. The van der Waals surface area contributed by atoms with Gasteiger partial charge in [-0.1, -0.05) is 13.8 Å². The quantitative estimate of drug-likeness (QED) is 0.773. The second-order valence-electron chi connectivity index (χ2n) is 5.57. The molecule has 0 spiro atoms. The van der Waals surface area contributed by atoms with Crippen LogP contribution in [0.2, 0.25) is 0 Å². The van der Waals surface area contributed by atoms with E-state index >= 15 is 0 Å². The van der Waals surface area contributed by atoms with Crippen LogP contribution >= 0.6 is 0 Å². The number of hydrogen-bond acceptors (Lipinski definition) is 4. The Hall–Kier alpha value is -0.770. The first-order chi connectivity index (χ1) is 7.35. The molecule has 0 saturated carbocycles. The molecule has 1 atom stereocenters. The van der Waals surface area contributed by atoms with Gasteiger partial charge in [0, 0.05) is 13.7 Å². The van der Waals surface area contributed by atoms with Gasteiger partial charge in [0.2, 0.25) is 0 Å². The first kappa shape index (κ1) is 13.3. The number of hydrogen-bond donors (Lipinski definition) is 1. The first-order valence-corrected chi connectivity index (χ1v) is 5.97. The van der Waals surface area contributed by atoms with Crippen molar-refractivity contribution in [3.63, 3.8) is 0 Å².